The summed E-state index contributed by atoms with van der Waals surface area (Å²) in [4.78, 5) is 18.2. The van der Waals surface area contributed by atoms with Crippen molar-refractivity contribution in [2.24, 2.45) is 12.0 Å². The highest BCUT2D eigenvalue weighted by Crippen LogP contribution is 2.13. The van der Waals surface area contributed by atoms with Gasteiger partial charge in [0.05, 0.1) is 12.2 Å². The van der Waals surface area contributed by atoms with Gasteiger partial charge in [-0.15, -0.1) is 24.0 Å². The van der Waals surface area contributed by atoms with E-state index in [0.717, 1.165) is 69.8 Å². The maximum Gasteiger partial charge on any atom is 0.225 e. The average molecular weight is 541 g/mol. The molecule has 1 aliphatic heterocycles. The number of piperazine rings is 1. The van der Waals surface area contributed by atoms with Gasteiger partial charge in [0.1, 0.15) is 0 Å². The summed E-state index contributed by atoms with van der Waals surface area (Å²) in [6, 6.07) is 1.86. The van der Waals surface area contributed by atoms with Crippen LogP contribution in [0.4, 0.5) is 5.95 Å². The first-order chi connectivity index (χ1) is 14.6. The Morgan fingerprint density at radius 2 is 1.81 bits per heavy atom. The molecule has 0 aliphatic carbocycles. The zero-order valence-corrected chi connectivity index (χ0v) is 21.5. The number of anilines is 1. The van der Waals surface area contributed by atoms with E-state index in [1.165, 1.54) is 11.3 Å². The number of halogens is 1. The Morgan fingerprint density at radius 1 is 1.10 bits per heavy atom. The van der Waals surface area contributed by atoms with Crippen LogP contribution >= 0.6 is 24.0 Å². The van der Waals surface area contributed by atoms with Crippen molar-refractivity contribution in [3.05, 3.63) is 35.4 Å². The lowest BCUT2D eigenvalue weighted by Gasteiger charge is -2.34. The SMILES string of the molecule is CCNC(=NCc1c(C)nn(C)c1C)NCCCN1CCN(c2ncccn2)CC1.I. The summed E-state index contributed by atoms with van der Waals surface area (Å²) >= 11 is 0. The van der Waals surface area contributed by atoms with E-state index in [0.29, 0.717) is 6.54 Å². The van der Waals surface area contributed by atoms with Gasteiger partial charge >= 0.3 is 0 Å². The van der Waals surface area contributed by atoms with Gasteiger partial charge in [0, 0.05) is 70.0 Å². The van der Waals surface area contributed by atoms with E-state index in [-0.39, 0.29) is 24.0 Å². The van der Waals surface area contributed by atoms with Crippen molar-refractivity contribution in [2.45, 2.75) is 33.7 Å². The number of rotatable bonds is 8. The minimum atomic E-state index is 0. The third-order valence-corrected chi connectivity index (χ3v) is 5.55. The monoisotopic (exact) mass is 541 g/mol. The fourth-order valence-corrected chi connectivity index (χ4v) is 3.68. The number of guanidine groups is 1. The van der Waals surface area contributed by atoms with Crippen molar-refractivity contribution < 1.29 is 0 Å². The van der Waals surface area contributed by atoms with E-state index in [4.69, 9.17) is 4.99 Å². The van der Waals surface area contributed by atoms with Crippen LogP contribution in [0.2, 0.25) is 0 Å². The Kier molecular flexibility index (Phi) is 10.4. The molecule has 1 saturated heterocycles. The Balaban J connectivity index is 0.00000341. The molecule has 2 aromatic rings. The Bertz CT molecular complexity index is 814. The van der Waals surface area contributed by atoms with Gasteiger partial charge in [0.2, 0.25) is 5.95 Å². The van der Waals surface area contributed by atoms with Crippen LogP contribution in [0.1, 0.15) is 30.3 Å². The molecule has 0 saturated carbocycles. The van der Waals surface area contributed by atoms with Gasteiger partial charge in [-0.25, -0.2) is 15.0 Å². The molecule has 10 heteroatoms. The molecule has 3 heterocycles. The summed E-state index contributed by atoms with van der Waals surface area (Å²) in [6.45, 7) is 13.7. The van der Waals surface area contributed by atoms with Gasteiger partial charge in [-0.2, -0.15) is 5.10 Å². The summed E-state index contributed by atoms with van der Waals surface area (Å²) in [5, 5.41) is 11.3. The topological polar surface area (TPSA) is 86.5 Å². The molecule has 2 aromatic heterocycles. The maximum absolute atomic E-state index is 4.75. The highest BCUT2D eigenvalue weighted by atomic mass is 127. The summed E-state index contributed by atoms with van der Waals surface area (Å²) in [7, 11) is 1.98. The molecule has 0 unspecified atom stereocenters. The molecular formula is C21H36IN9. The molecule has 0 aromatic carbocycles. The van der Waals surface area contributed by atoms with Crippen molar-refractivity contribution in [3.8, 4) is 0 Å². The van der Waals surface area contributed by atoms with Crippen LogP contribution in [0, 0.1) is 13.8 Å². The van der Waals surface area contributed by atoms with Crippen LogP contribution in [0.5, 0.6) is 0 Å². The standard InChI is InChI=1S/C21H35N9.HI/c1-5-22-20(26-16-19-17(2)27-28(4)18(19)3)23-10-7-11-29-12-14-30(15-13-29)21-24-8-6-9-25-21;/h6,8-9H,5,7,10-16H2,1-4H3,(H2,22,23,26);1H. The Morgan fingerprint density at radius 3 is 2.42 bits per heavy atom. The molecule has 172 valence electrons. The third-order valence-electron chi connectivity index (χ3n) is 5.55. The van der Waals surface area contributed by atoms with Crippen molar-refractivity contribution in [1.29, 1.82) is 0 Å². The van der Waals surface area contributed by atoms with Crippen LogP contribution in [0.3, 0.4) is 0 Å². The average Bonchev–Trinajstić information content (AvgIpc) is 3.01. The summed E-state index contributed by atoms with van der Waals surface area (Å²) in [5.41, 5.74) is 3.43. The second-order valence-corrected chi connectivity index (χ2v) is 7.63. The summed E-state index contributed by atoms with van der Waals surface area (Å²) in [6.07, 6.45) is 4.69. The van der Waals surface area contributed by atoms with E-state index >= 15 is 0 Å². The first kappa shape index (κ1) is 25.3. The second-order valence-electron chi connectivity index (χ2n) is 7.63. The van der Waals surface area contributed by atoms with Gasteiger partial charge in [-0.1, -0.05) is 0 Å². The van der Waals surface area contributed by atoms with Crippen LogP contribution in [0.15, 0.2) is 23.5 Å². The van der Waals surface area contributed by atoms with Crippen LogP contribution in [0.25, 0.3) is 0 Å². The Labute approximate surface area is 202 Å². The maximum atomic E-state index is 4.75. The first-order valence-corrected chi connectivity index (χ1v) is 10.8. The molecule has 0 spiro atoms. The fourth-order valence-electron chi connectivity index (χ4n) is 3.68. The highest BCUT2D eigenvalue weighted by molar-refractivity contribution is 14.0. The molecule has 0 radical (unpaired) electrons. The molecule has 1 aliphatic rings. The van der Waals surface area contributed by atoms with Gasteiger partial charge in [-0.05, 0) is 39.8 Å². The number of aliphatic imine (C=N–C) groups is 1. The van der Waals surface area contributed by atoms with E-state index < -0.39 is 0 Å². The van der Waals surface area contributed by atoms with Gasteiger partial charge < -0.3 is 15.5 Å². The van der Waals surface area contributed by atoms with E-state index in [9.17, 15) is 0 Å². The molecule has 0 amide bonds. The number of aryl methyl sites for hydroxylation is 2. The minimum absolute atomic E-state index is 0. The van der Waals surface area contributed by atoms with Gasteiger partial charge in [-0.3, -0.25) is 9.58 Å². The number of nitrogens with one attached hydrogen (secondary N) is 2. The molecule has 2 N–H and O–H groups in total. The van der Waals surface area contributed by atoms with Crippen LogP contribution in [-0.4, -0.2) is 76.4 Å². The highest BCUT2D eigenvalue weighted by Gasteiger charge is 2.18. The normalized spacial score (nSPS) is 15.0. The first-order valence-electron chi connectivity index (χ1n) is 10.8. The van der Waals surface area contributed by atoms with Gasteiger partial charge in [0.25, 0.3) is 0 Å². The number of hydrogen-bond donors (Lipinski definition) is 2. The van der Waals surface area contributed by atoms with Crippen LogP contribution < -0.4 is 15.5 Å². The second kappa shape index (κ2) is 12.8. The third kappa shape index (κ3) is 7.30. The van der Waals surface area contributed by atoms with Gasteiger partial charge in [0.15, 0.2) is 5.96 Å². The largest absolute Gasteiger partial charge is 0.357 e. The van der Waals surface area contributed by atoms with Crippen molar-refractivity contribution in [1.82, 2.24) is 35.3 Å². The zero-order chi connectivity index (χ0) is 21.3. The lowest BCUT2D eigenvalue weighted by atomic mass is 10.2. The summed E-state index contributed by atoms with van der Waals surface area (Å²) in [5.74, 6) is 1.70. The van der Waals surface area contributed by atoms with E-state index in [1.54, 1.807) is 12.4 Å². The molecule has 3 rings (SSSR count). The number of aromatic nitrogens is 4. The lowest BCUT2D eigenvalue weighted by Crippen LogP contribution is -2.47. The Hall–Kier alpha value is -1.95. The molecule has 0 bridgehead atoms. The fraction of sp³-hybridized carbons (Fsp3) is 0.619. The van der Waals surface area contributed by atoms with Crippen molar-refractivity contribution in [3.63, 3.8) is 0 Å². The molecule has 1 fully saturated rings. The minimum Gasteiger partial charge on any atom is -0.357 e. The zero-order valence-electron chi connectivity index (χ0n) is 19.1. The summed E-state index contributed by atoms with van der Waals surface area (Å²) < 4.78 is 1.92. The number of hydrogen-bond acceptors (Lipinski definition) is 6. The molecular weight excluding hydrogens is 505 g/mol. The number of nitrogens with zero attached hydrogens (tertiary/aromatic N) is 7. The predicted molar refractivity (Wildman–Crippen MR) is 136 cm³/mol. The van der Waals surface area contributed by atoms with E-state index in [2.05, 4.69) is 49.3 Å². The predicted octanol–water partition coefficient (Wildman–Crippen LogP) is 1.71. The molecule has 31 heavy (non-hydrogen) atoms. The van der Waals surface area contributed by atoms with E-state index in [1.807, 2.05) is 24.7 Å². The quantitative estimate of drug-likeness (QED) is 0.228. The smallest absolute Gasteiger partial charge is 0.225 e. The van der Waals surface area contributed by atoms with Crippen LogP contribution in [-0.2, 0) is 13.6 Å². The van der Waals surface area contributed by atoms with Crippen molar-refractivity contribution in [2.75, 3.05) is 50.7 Å². The van der Waals surface area contributed by atoms with Crippen molar-refractivity contribution >= 4 is 35.9 Å². The lowest BCUT2D eigenvalue weighted by molar-refractivity contribution is 0.254. The molecule has 9 nitrogen and oxygen atoms in total. The molecule has 0 atom stereocenters.